The summed E-state index contributed by atoms with van der Waals surface area (Å²) in [6.07, 6.45) is 0.303. The fraction of sp³-hybridized carbons (Fsp3) is 0.310. The number of rotatable bonds is 12. The van der Waals surface area contributed by atoms with Crippen LogP contribution in [0.4, 0.5) is 5.69 Å². The number of carbonyl (C=O) groups is 2. The van der Waals surface area contributed by atoms with Crippen molar-refractivity contribution in [2.75, 3.05) is 18.0 Å². The fourth-order valence-electron chi connectivity index (χ4n) is 4.18. The summed E-state index contributed by atoms with van der Waals surface area (Å²) in [4.78, 5) is 28.7. The molecular weight excluding hydrogens is 573 g/mol. The lowest BCUT2D eigenvalue weighted by atomic mass is 10.1. The standard InChI is InChI=1S/C29H33Cl2N3O5S/c1-5-26(29(36)32-20(2)3)33(18-21-10-9-11-23(16-21)39-4)28(35)19-34(27-17-22(30)14-15-25(27)31)40(37,38)24-12-7-6-8-13-24/h6-17,20,26H,5,18-19H2,1-4H3,(H,32,36)/t26-/m1/s1. The molecule has 214 valence electrons. The Hall–Kier alpha value is -3.27. The minimum atomic E-state index is -4.25. The molecule has 0 aliphatic rings. The van der Waals surface area contributed by atoms with Crippen molar-refractivity contribution in [2.45, 2.75) is 50.7 Å². The molecule has 0 saturated heterocycles. The van der Waals surface area contributed by atoms with Crippen molar-refractivity contribution in [1.29, 1.82) is 0 Å². The molecule has 1 atom stereocenters. The Kier molecular flexibility index (Phi) is 10.8. The summed E-state index contributed by atoms with van der Waals surface area (Å²) in [5.74, 6) is -0.348. The quantitative estimate of drug-likeness (QED) is 0.293. The summed E-state index contributed by atoms with van der Waals surface area (Å²) in [5, 5.41) is 3.21. The van der Waals surface area contributed by atoms with Gasteiger partial charge in [-0.3, -0.25) is 13.9 Å². The van der Waals surface area contributed by atoms with Crippen molar-refractivity contribution >= 4 is 50.7 Å². The number of hydrogen-bond donors (Lipinski definition) is 1. The van der Waals surface area contributed by atoms with E-state index in [0.29, 0.717) is 17.7 Å². The minimum absolute atomic E-state index is 0.0252. The average molecular weight is 607 g/mol. The van der Waals surface area contributed by atoms with Crippen molar-refractivity contribution in [3.05, 3.63) is 88.4 Å². The third-order valence-electron chi connectivity index (χ3n) is 6.09. The molecule has 3 aromatic carbocycles. The number of nitrogens with one attached hydrogen (secondary N) is 1. The molecule has 0 heterocycles. The molecule has 8 nitrogen and oxygen atoms in total. The highest BCUT2D eigenvalue weighted by Crippen LogP contribution is 2.33. The van der Waals surface area contributed by atoms with Crippen LogP contribution in [0, 0.1) is 0 Å². The van der Waals surface area contributed by atoms with Gasteiger partial charge in [-0.15, -0.1) is 0 Å². The predicted octanol–water partition coefficient (Wildman–Crippen LogP) is 5.53. The third-order valence-corrected chi connectivity index (χ3v) is 8.42. The first kappa shape index (κ1) is 31.3. The van der Waals surface area contributed by atoms with Crippen LogP contribution in [0.2, 0.25) is 10.0 Å². The smallest absolute Gasteiger partial charge is 0.264 e. The molecule has 0 fully saturated rings. The van der Waals surface area contributed by atoms with Gasteiger partial charge in [0.1, 0.15) is 18.3 Å². The summed E-state index contributed by atoms with van der Waals surface area (Å²) < 4.78 is 34.0. The van der Waals surface area contributed by atoms with Gasteiger partial charge in [-0.2, -0.15) is 0 Å². The molecule has 1 N–H and O–H groups in total. The van der Waals surface area contributed by atoms with E-state index in [1.165, 1.54) is 42.3 Å². The van der Waals surface area contributed by atoms with E-state index >= 15 is 0 Å². The van der Waals surface area contributed by atoms with Crippen molar-refractivity contribution in [2.24, 2.45) is 0 Å². The van der Waals surface area contributed by atoms with Gasteiger partial charge >= 0.3 is 0 Å². The van der Waals surface area contributed by atoms with Crippen molar-refractivity contribution in [1.82, 2.24) is 10.2 Å². The van der Waals surface area contributed by atoms with Crippen LogP contribution in [0.1, 0.15) is 32.8 Å². The first-order valence-corrected chi connectivity index (χ1v) is 14.9. The van der Waals surface area contributed by atoms with Crippen LogP contribution in [-0.4, -0.2) is 50.9 Å². The van der Waals surface area contributed by atoms with Gasteiger partial charge in [0, 0.05) is 17.6 Å². The maximum Gasteiger partial charge on any atom is 0.264 e. The summed E-state index contributed by atoms with van der Waals surface area (Å²) in [7, 11) is -2.72. The van der Waals surface area contributed by atoms with Crippen LogP contribution in [0.5, 0.6) is 5.75 Å². The van der Waals surface area contributed by atoms with Gasteiger partial charge in [0.25, 0.3) is 10.0 Å². The fourth-order valence-corrected chi connectivity index (χ4v) is 6.06. The topological polar surface area (TPSA) is 96.0 Å². The van der Waals surface area contributed by atoms with E-state index in [4.69, 9.17) is 27.9 Å². The van der Waals surface area contributed by atoms with E-state index in [1.807, 2.05) is 19.9 Å². The number of anilines is 1. The summed E-state index contributed by atoms with van der Waals surface area (Å²) in [6.45, 7) is 4.88. The molecule has 3 aromatic rings. The Labute approximate surface area is 245 Å². The SMILES string of the molecule is CC[C@H](C(=O)NC(C)C)N(Cc1cccc(OC)c1)C(=O)CN(c1cc(Cl)ccc1Cl)S(=O)(=O)c1ccccc1. The Morgan fingerprint density at radius 1 is 0.975 bits per heavy atom. The van der Waals surface area contributed by atoms with Crippen molar-refractivity contribution in [3.8, 4) is 5.75 Å². The first-order valence-electron chi connectivity index (χ1n) is 12.7. The molecule has 2 amide bonds. The van der Waals surface area contributed by atoms with Crippen LogP contribution < -0.4 is 14.4 Å². The van der Waals surface area contributed by atoms with Crippen molar-refractivity contribution < 1.29 is 22.7 Å². The zero-order valence-electron chi connectivity index (χ0n) is 22.8. The molecule has 0 spiro atoms. The Bertz CT molecular complexity index is 1430. The monoisotopic (exact) mass is 605 g/mol. The van der Waals surface area contributed by atoms with Gasteiger partial charge in [0.15, 0.2) is 0 Å². The number of benzene rings is 3. The van der Waals surface area contributed by atoms with Gasteiger partial charge in [0.05, 0.1) is 22.7 Å². The molecule has 0 aromatic heterocycles. The van der Waals surface area contributed by atoms with E-state index < -0.39 is 28.5 Å². The lowest BCUT2D eigenvalue weighted by molar-refractivity contribution is -0.140. The third kappa shape index (κ3) is 7.68. The van der Waals surface area contributed by atoms with Crippen LogP contribution in [0.25, 0.3) is 0 Å². The van der Waals surface area contributed by atoms with E-state index in [-0.39, 0.29) is 39.1 Å². The van der Waals surface area contributed by atoms with Gasteiger partial charge < -0.3 is 15.0 Å². The highest BCUT2D eigenvalue weighted by molar-refractivity contribution is 7.92. The second-order valence-corrected chi connectivity index (χ2v) is 12.1. The zero-order chi connectivity index (χ0) is 29.4. The minimum Gasteiger partial charge on any atom is -0.497 e. The summed E-state index contributed by atoms with van der Waals surface area (Å²) >= 11 is 12.7. The second-order valence-electron chi connectivity index (χ2n) is 9.38. The van der Waals surface area contributed by atoms with Crippen LogP contribution in [-0.2, 0) is 26.2 Å². The highest BCUT2D eigenvalue weighted by atomic mass is 35.5. The lowest BCUT2D eigenvalue weighted by Gasteiger charge is -2.33. The first-order chi connectivity index (χ1) is 19.0. The van der Waals surface area contributed by atoms with Gasteiger partial charge in [-0.1, -0.05) is 60.5 Å². The summed E-state index contributed by atoms with van der Waals surface area (Å²) in [6, 6.07) is 18.2. The maximum atomic E-state index is 14.1. The van der Waals surface area contributed by atoms with Crippen LogP contribution >= 0.6 is 23.2 Å². The highest BCUT2D eigenvalue weighted by Gasteiger charge is 2.34. The number of methoxy groups -OCH3 is 1. The van der Waals surface area contributed by atoms with E-state index in [1.54, 1.807) is 43.3 Å². The molecule has 0 aliphatic heterocycles. The number of nitrogens with zero attached hydrogens (tertiary/aromatic N) is 2. The van der Waals surface area contributed by atoms with E-state index in [0.717, 1.165) is 4.31 Å². The number of ether oxygens (including phenoxy) is 1. The van der Waals surface area contributed by atoms with Crippen molar-refractivity contribution in [3.63, 3.8) is 0 Å². The number of sulfonamides is 1. The Morgan fingerprint density at radius 2 is 1.68 bits per heavy atom. The van der Waals surface area contributed by atoms with Crippen LogP contribution in [0.3, 0.4) is 0 Å². The Balaban J connectivity index is 2.10. The molecule has 0 radical (unpaired) electrons. The largest absolute Gasteiger partial charge is 0.497 e. The molecule has 11 heteroatoms. The number of hydrogen-bond acceptors (Lipinski definition) is 5. The van der Waals surface area contributed by atoms with Gasteiger partial charge in [-0.05, 0) is 68.3 Å². The van der Waals surface area contributed by atoms with Crippen LogP contribution in [0.15, 0.2) is 77.7 Å². The summed E-state index contributed by atoms with van der Waals surface area (Å²) in [5.41, 5.74) is 0.758. The molecule has 0 aliphatic carbocycles. The van der Waals surface area contributed by atoms with E-state index in [9.17, 15) is 18.0 Å². The molecule has 3 rings (SSSR count). The number of halogens is 2. The maximum absolute atomic E-state index is 14.1. The number of carbonyl (C=O) groups excluding carboxylic acids is 2. The molecule has 0 saturated carbocycles. The lowest BCUT2D eigenvalue weighted by Crippen LogP contribution is -2.53. The van der Waals surface area contributed by atoms with Gasteiger partial charge in [-0.25, -0.2) is 8.42 Å². The Morgan fingerprint density at radius 3 is 2.30 bits per heavy atom. The predicted molar refractivity (Wildman–Crippen MR) is 158 cm³/mol. The molecule has 0 bridgehead atoms. The average Bonchev–Trinajstić information content (AvgIpc) is 2.93. The molecular formula is C29H33Cl2N3O5S. The van der Waals surface area contributed by atoms with Gasteiger partial charge in [0.2, 0.25) is 11.8 Å². The number of amides is 2. The molecule has 40 heavy (non-hydrogen) atoms. The second kappa shape index (κ2) is 13.9. The normalized spacial score (nSPS) is 12.1. The molecule has 0 unspecified atom stereocenters. The van der Waals surface area contributed by atoms with E-state index in [2.05, 4.69) is 5.32 Å². The zero-order valence-corrected chi connectivity index (χ0v) is 25.1.